The summed E-state index contributed by atoms with van der Waals surface area (Å²) in [5.41, 5.74) is 6.93. The zero-order chi connectivity index (χ0) is 14.9. The average Bonchev–Trinajstić information content (AvgIpc) is 2.53. The molecule has 0 heterocycles. The highest BCUT2D eigenvalue weighted by Gasteiger charge is 2.06. The third-order valence-corrected chi connectivity index (χ3v) is 3.70. The van der Waals surface area contributed by atoms with Crippen LogP contribution in [0.15, 0.2) is 36.4 Å². The molecule has 2 aromatic rings. The molecule has 21 heavy (non-hydrogen) atoms. The molecule has 0 radical (unpaired) electrons. The number of nitrogens with two attached hydrogens (primary N) is 1. The van der Waals surface area contributed by atoms with Gasteiger partial charge < -0.3 is 15.8 Å². The van der Waals surface area contributed by atoms with Crippen LogP contribution in [0.3, 0.4) is 0 Å². The Hall–Kier alpha value is -1.58. The Morgan fingerprint density at radius 1 is 1.00 bits per heavy atom. The number of hydrogen-bond acceptors (Lipinski definition) is 3. The average molecular weight is 286 g/mol. The Morgan fingerprint density at radius 3 is 2.57 bits per heavy atom. The predicted octanol–water partition coefficient (Wildman–Crippen LogP) is 3.11. The van der Waals surface area contributed by atoms with Gasteiger partial charge in [-0.05, 0) is 62.8 Å². The molecule has 0 saturated carbocycles. The first-order valence-electron chi connectivity index (χ1n) is 7.85. The largest absolute Gasteiger partial charge is 0.493 e. The summed E-state index contributed by atoms with van der Waals surface area (Å²) in [6, 6.07) is 12.8. The quantitative estimate of drug-likeness (QED) is 0.696. The van der Waals surface area contributed by atoms with Crippen LogP contribution in [0, 0.1) is 0 Å². The van der Waals surface area contributed by atoms with Crippen molar-refractivity contribution in [2.75, 3.05) is 26.7 Å². The third kappa shape index (κ3) is 4.45. The van der Waals surface area contributed by atoms with Gasteiger partial charge in [0.1, 0.15) is 5.75 Å². The SMILES string of the molecule is CNCCCCc1ccc(OCCCN)c2ccccc12. The van der Waals surface area contributed by atoms with Crippen molar-refractivity contribution < 1.29 is 4.74 Å². The van der Waals surface area contributed by atoms with Gasteiger partial charge in [0.05, 0.1) is 6.61 Å². The molecule has 0 aliphatic rings. The molecule has 114 valence electrons. The van der Waals surface area contributed by atoms with E-state index in [1.54, 1.807) is 0 Å². The van der Waals surface area contributed by atoms with Crippen molar-refractivity contribution in [1.29, 1.82) is 0 Å². The van der Waals surface area contributed by atoms with E-state index in [-0.39, 0.29) is 0 Å². The van der Waals surface area contributed by atoms with Gasteiger partial charge in [0.25, 0.3) is 0 Å². The normalized spacial score (nSPS) is 11.0. The van der Waals surface area contributed by atoms with Gasteiger partial charge in [-0.25, -0.2) is 0 Å². The molecular formula is C18H26N2O. The minimum Gasteiger partial charge on any atom is -0.493 e. The van der Waals surface area contributed by atoms with Crippen LogP contribution in [0.1, 0.15) is 24.8 Å². The molecule has 3 nitrogen and oxygen atoms in total. The molecular weight excluding hydrogens is 260 g/mol. The Bertz CT molecular complexity index is 554. The molecule has 0 amide bonds. The lowest BCUT2D eigenvalue weighted by atomic mass is 9.99. The molecule has 3 N–H and O–H groups in total. The molecule has 3 heteroatoms. The van der Waals surface area contributed by atoms with Crippen LogP contribution in [0.4, 0.5) is 0 Å². The minimum atomic E-state index is 0.668. The van der Waals surface area contributed by atoms with Gasteiger partial charge in [-0.15, -0.1) is 0 Å². The summed E-state index contributed by atoms with van der Waals surface area (Å²) in [5.74, 6) is 0.970. The maximum Gasteiger partial charge on any atom is 0.127 e. The summed E-state index contributed by atoms with van der Waals surface area (Å²) in [6.45, 7) is 2.43. The van der Waals surface area contributed by atoms with E-state index in [2.05, 4.69) is 41.7 Å². The molecule has 0 saturated heterocycles. The summed E-state index contributed by atoms with van der Waals surface area (Å²) < 4.78 is 5.87. The molecule has 0 bridgehead atoms. The molecule has 0 unspecified atom stereocenters. The van der Waals surface area contributed by atoms with E-state index in [4.69, 9.17) is 10.5 Å². The van der Waals surface area contributed by atoms with Gasteiger partial charge in [0, 0.05) is 5.39 Å². The highest BCUT2D eigenvalue weighted by Crippen LogP contribution is 2.29. The van der Waals surface area contributed by atoms with E-state index in [9.17, 15) is 0 Å². The number of unbranched alkanes of at least 4 members (excludes halogenated alkanes) is 1. The molecule has 2 rings (SSSR count). The monoisotopic (exact) mass is 286 g/mol. The first kappa shape index (κ1) is 15.8. The van der Waals surface area contributed by atoms with Crippen molar-refractivity contribution in [2.24, 2.45) is 5.73 Å². The number of aryl methyl sites for hydroxylation is 1. The van der Waals surface area contributed by atoms with Gasteiger partial charge in [0.15, 0.2) is 0 Å². The van der Waals surface area contributed by atoms with Gasteiger partial charge in [-0.1, -0.05) is 30.3 Å². The topological polar surface area (TPSA) is 47.3 Å². The van der Waals surface area contributed by atoms with Crippen LogP contribution in [0.5, 0.6) is 5.75 Å². The second kappa shape index (κ2) is 8.65. The van der Waals surface area contributed by atoms with Crippen LogP contribution < -0.4 is 15.8 Å². The third-order valence-electron chi connectivity index (χ3n) is 3.70. The fourth-order valence-electron chi connectivity index (χ4n) is 2.56. The number of fused-ring (bicyclic) bond motifs is 1. The van der Waals surface area contributed by atoms with Crippen molar-refractivity contribution in [3.05, 3.63) is 42.0 Å². The van der Waals surface area contributed by atoms with Crippen LogP contribution in [0.25, 0.3) is 10.8 Å². The van der Waals surface area contributed by atoms with Gasteiger partial charge in [0.2, 0.25) is 0 Å². The van der Waals surface area contributed by atoms with E-state index >= 15 is 0 Å². The van der Waals surface area contributed by atoms with Crippen molar-refractivity contribution in [3.63, 3.8) is 0 Å². The molecule has 0 aliphatic heterocycles. The van der Waals surface area contributed by atoms with Crippen LogP contribution in [-0.2, 0) is 6.42 Å². The molecule has 0 spiro atoms. The Morgan fingerprint density at radius 2 is 1.81 bits per heavy atom. The highest BCUT2D eigenvalue weighted by atomic mass is 16.5. The maximum atomic E-state index is 5.87. The summed E-state index contributed by atoms with van der Waals surface area (Å²) in [4.78, 5) is 0. The zero-order valence-corrected chi connectivity index (χ0v) is 12.9. The molecule has 0 atom stereocenters. The number of rotatable bonds is 9. The first-order valence-corrected chi connectivity index (χ1v) is 7.85. The van der Waals surface area contributed by atoms with E-state index in [0.717, 1.165) is 25.1 Å². The lowest BCUT2D eigenvalue weighted by Gasteiger charge is -2.12. The number of benzene rings is 2. The standard InChI is InChI=1S/C18H26N2O/c1-20-13-5-4-7-15-10-11-18(21-14-6-12-19)17-9-3-2-8-16(15)17/h2-3,8-11,20H,4-7,12-14,19H2,1H3. The number of nitrogens with one attached hydrogen (secondary N) is 1. The van der Waals surface area contributed by atoms with Crippen LogP contribution in [0.2, 0.25) is 0 Å². The first-order chi connectivity index (χ1) is 10.4. The molecule has 0 aromatic heterocycles. The van der Waals surface area contributed by atoms with Gasteiger partial charge in [-0.2, -0.15) is 0 Å². The second-order valence-electron chi connectivity index (χ2n) is 5.32. The van der Waals surface area contributed by atoms with Gasteiger partial charge in [-0.3, -0.25) is 0 Å². The molecule has 0 fully saturated rings. The lowest BCUT2D eigenvalue weighted by Crippen LogP contribution is -2.07. The molecule has 0 aliphatic carbocycles. The Kier molecular flexibility index (Phi) is 6.51. The van der Waals surface area contributed by atoms with Crippen molar-refractivity contribution in [3.8, 4) is 5.75 Å². The predicted molar refractivity (Wildman–Crippen MR) is 90.0 cm³/mol. The summed E-state index contributed by atoms with van der Waals surface area (Å²) in [5, 5.41) is 5.72. The number of hydrogen-bond donors (Lipinski definition) is 2. The zero-order valence-electron chi connectivity index (χ0n) is 12.9. The lowest BCUT2D eigenvalue weighted by molar-refractivity contribution is 0.317. The Balaban J connectivity index is 2.14. The van der Waals surface area contributed by atoms with Crippen LogP contribution >= 0.6 is 0 Å². The minimum absolute atomic E-state index is 0.668. The summed E-state index contributed by atoms with van der Waals surface area (Å²) in [6.07, 6.45) is 4.42. The van der Waals surface area contributed by atoms with E-state index in [0.29, 0.717) is 13.2 Å². The maximum absolute atomic E-state index is 5.87. The highest BCUT2D eigenvalue weighted by molar-refractivity contribution is 5.91. The smallest absolute Gasteiger partial charge is 0.127 e. The molecule has 2 aromatic carbocycles. The van der Waals surface area contributed by atoms with E-state index in [1.807, 2.05) is 7.05 Å². The van der Waals surface area contributed by atoms with Crippen molar-refractivity contribution in [2.45, 2.75) is 25.7 Å². The summed E-state index contributed by atoms with van der Waals surface area (Å²) >= 11 is 0. The van der Waals surface area contributed by atoms with Crippen molar-refractivity contribution in [1.82, 2.24) is 5.32 Å². The van der Waals surface area contributed by atoms with E-state index in [1.165, 1.54) is 29.2 Å². The van der Waals surface area contributed by atoms with Crippen LogP contribution in [-0.4, -0.2) is 26.7 Å². The second-order valence-corrected chi connectivity index (χ2v) is 5.32. The van der Waals surface area contributed by atoms with E-state index < -0.39 is 0 Å². The summed E-state index contributed by atoms with van der Waals surface area (Å²) in [7, 11) is 2.00. The number of ether oxygens (including phenoxy) is 1. The van der Waals surface area contributed by atoms with Crippen molar-refractivity contribution >= 4 is 10.8 Å². The fourth-order valence-corrected chi connectivity index (χ4v) is 2.56. The fraction of sp³-hybridized carbons (Fsp3) is 0.444. The Labute approximate surface area is 127 Å². The van der Waals surface area contributed by atoms with Gasteiger partial charge >= 0.3 is 0 Å².